The summed E-state index contributed by atoms with van der Waals surface area (Å²) >= 11 is 0. The van der Waals surface area contributed by atoms with Crippen molar-refractivity contribution in [2.45, 2.75) is 150 Å². The first kappa shape index (κ1) is 30.3. The van der Waals surface area contributed by atoms with Crippen LogP contribution < -0.4 is 0 Å². The van der Waals surface area contributed by atoms with Gasteiger partial charge in [0.25, 0.3) is 0 Å². The molecule has 1 saturated carbocycles. The van der Waals surface area contributed by atoms with Crippen molar-refractivity contribution < 1.29 is 9.84 Å². The van der Waals surface area contributed by atoms with Gasteiger partial charge in [-0.25, -0.2) is 0 Å². The van der Waals surface area contributed by atoms with Crippen molar-refractivity contribution >= 4 is 0 Å². The van der Waals surface area contributed by atoms with Gasteiger partial charge in [-0.2, -0.15) is 0 Å². The van der Waals surface area contributed by atoms with Crippen molar-refractivity contribution in [1.29, 1.82) is 0 Å². The molecule has 3 nitrogen and oxygen atoms in total. The number of rotatable bonds is 4. The van der Waals surface area contributed by atoms with Gasteiger partial charge in [-0.3, -0.25) is 4.98 Å². The molecule has 1 aromatic carbocycles. The molecule has 1 aliphatic heterocycles. The van der Waals surface area contributed by atoms with Crippen LogP contribution in [-0.4, -0.2) is 10.1 Å². The summed E-state index contributed by atoms with van der Waals surface area (Å²) in [5.74, 6) is 1.38. The fourth-order valence-electron chi connectivity index (χ4n) is 6.70. The fraction of sp³-hybridized carbons (Fsp3) is 0.694. The van der Waals surface area contributed by atoms with Crippen LogP contribution in [0.3, 0.4) is 0 Å². The Morgan fingerprint density at radius 3 is 2.10 bits per heavy atom. The Bertz CT molecular complexity index is 1130. The third kappa shape index (κ3) is 6.15. The summed E-state index contributed by atoms with van der Waals surface area (Å²) in [6.07, 6.45) is 8.28. The maximum Gasteiger partial charge on any atom is 0.111 e. The Hall–Kier alpha value is -1.71. The van der Waals surface area contributed by atoms with Gasteiger partial charge in [0.05, 0.1) is 17.4 Å². The zero-order valence-electron chi connectivity index (χ0n) is 26.6. The number of ether oxygens (including phenoxy) is 1. The highest BCUT2D eigenvalue weighted by Crippen LogP contribution is 2.56. The maximum atomic E-state index is 11.4. The lowest BCUT2D eigenvalue weighted by Crippen LogP contribution is -2.31. The molecule has 2 aromatic rings. The van der Waals surface area contributed by atoms with Gasteiger partial charge in [-0.05, 0) is 72.5 Å². The van der Waals surface area contributed by atoms with Crippen molar-refractivity contribution in [1.82, 2.24) is 4.98 Å². The van der Waals surface area contributed by atoms with Gasteiger partial charge in [0.2, 0.25) is 0 Å². The lowest BCUT2D eigenvalue weighted by atomic mass is 9.70. The largest absolute Gasteiger partial charge is 0.388 e. The van der Waals surface area contributed by atoms with Crippen LogP contribution >= 0.6 is 0 Å². The third-order valence-electron chi connectivity index (χ3n) is 9.59. The summed E-state index contributed by atoms with van der Waals surface area (Å²) in [6, 6.07) is 9.04. The quantitative estimate of drug-likeness (QED) is 0.425. The van der Waals surface area contributed by atoms with E-state index in [2.05, 4.69) is 93.5 Å². The van der Waals surface area contributed by atoms with E-state index in [9.17, 15) is 5.11 Å². The first-order chi connectivity index (χ1) is 18.2. The molecular weight excluding hydrogens is 478 g/mol. The summed E-state index contributed by atoms with van der Waals surface area (Å²) in [5.41, 5.74) is 8.31. The van der Waals surface area contributed by atoms with Crippen LogP contribution in [0, 0.1) is 11.3 Å². The molecule has 5 rings (SSSR count). The smallest absolute Gasteiger partial charge is 0.111 e. The number of benzene rings is 1. The van der Waals surface area contributed by atoms with E-state index in [1.165, 1.54) is 60.1 Å². The predicted octanol–water partition coefficient (Wildman–Crippen LogP) is 9.84. The van der Waals surface area contributed by atoms with Crippen molar-refractivity contribution in [2.24, 2.45) is 11.3 Å². The van der Waals surface area contributed by atoms with E-state index in [1.54, 1.807) is 0 Å². The van der Waals surface area contributed by atoms with Crippen LogP contribution in [0.15, 0.2) is 24.3 Å². The molecule has 3 heteroatoms. The van der Waals surface area contributed by atoms with Gasteiger partial charge >= 0.3 is 0 Å². The second kappa shape index (κ2) is 11.3. The minimum absolute atomic E-state index is 0.0604. The Morgan fingerprint density at radius 1 is 1.00 bits per heavy atom. The van der Waals surface area contributed by atoms with Crippen molar-refractivity contribution in [3.05, 3.63) is 63.5 Å². The van der Waals surface area contributed by atoms with Crippen LogP contribution in [0.1, 0.15) is 172 Å². The molecule has 1 fully saturated rings. The molecule has 0 bridgehead atoms. The van der Waals surface area contributed by atoms with Crippen molar-refractivity contribution in [3.63, 3.8) is 0 Å². The molecule has 0 radical (unpaired) electrons. The molecule has 0 saturated heterocycles. The predicted molar refractivity (Wildman–Crippen MR) is 163 cm³/mol. The lowest BCUT2D eigenvalue weighted by molar-refractivity contribution is -0.0521. The second-order valence-corrected chi connectivity index (χ2v) is 14.9. The number of hydrogen-bond acceptors (Lipinski definition) is 3. The van der Waals surface area contributed by atoms with Gasteiger partial charge in [-0.15, -0.1) is 0 Å². The maximum absolute atomic E-state index is 11.4. The lowest BCUT2D eigenvalue weighted by Gasteiger charge is -2.38. The molecule has 39 heavy (non-hydrogen) atoms. The normalized spacial score (nSPS) is 26.3. The van der Waals surface area contributed by atoms with Crippen LogP contribution in [0.2, 0.25) is 0 Å². The number of nitrogens with zero attached hydrogens (tertiary/aromatic N) is 1. The minimum atomic E-state index is -0.478. The number of pyridine rings is 1. The molecule has 2 aliphatic carbocycles. The summed E-state index contributed by atoms with van der Waals surface area (Å²) in [6.45, 7) is 22.4. The van der Waals surface area contributed by atoms with E-state index in [0.717, 1.165) is 36.4 Å². The second-order valence-electron chi connectivity index (χ2n) is 14.9. The highest BCUT2D eigenvalue weighted by Gasteiger charge is 2.49. The van der Waals surface area contributed by atoms with E-state index < -0.39 is 11.7 Å². The Kier molecular flexibility index (Phi) is 8.75. The van der Waals surface area contributed by atoms with Crippen molar-refractivity contribution in [2.75, 3.05) is 0 Å². The van der Waals surface area contributed by atoms with E-state index >= 15 is 0 Å². The van der Waals surface area contributed by atoms with Gasteiger partial charge < -0.3 is 9.84 Å². The number of hydrogen-bond donors (Lipinski definition) is 1. The van der Waals surface area contributed by atoms with Gasteiger partial charge in [0, 0.05) is 22.7 Å². The zero-order chi connectivity index (χ0) is 28.8. The molecule has 3 unspecified atom stereocenters. The van der Waals surface area contributed by atoms with E-state index in [4.69, 9.17) is 9.72 Å². The van der Waals surface area contributed by atoms with Crippen molar-refractivity contribution in [3.8, 4) is 0 Å². The van der Waals surface area contributed by atoms with Gasteiger partial charge in [0.1, 0.15) is 6.10 Å². The molecule has 0 spiro atoms. The first-order valence-corrected chi connectivity index (χ1v) is 15.7. The molecule has 1 aromatic heterocycles. The molecule has 2 heterocycles. The SMILES string of the molecule is CCC(C)C.CCC1(C)OC(c2ccc(C(C)(C)C)cc2)c2c(C3CCCC3)nc3c(c21)C(O)CC(C)(C)C3. The number of fused-ring (bicyclic) bond motifs is 3. The van der Waals surface area contributed by atoms with Crippen LogP contribution in [0.25, 0.3) is 0 Å². The summed E-state index contributed by atoms with van der Waals surface area (Å²) in [4.78, 5) is 5.41. The molecule has 3 atom stereocenters. The van der Waals surface area contributed by atoms with Crippen LogP contribution in [-0.2, 0) is 22.2 Å². The third-order valence-corrected chi connectivity index (χ3v) is 9.59. The number of aromatic nitrogens is 1. The number of aliphatic hydroxyl groups excluding tert-OH is 1. The van der Waals surface area contributed by atoms with Gasteiger partial charge in [-0.1, -0.05) is 106 Å². The average Bonchev–Trinajstić information content (AvgIpc) is 3.50. The van der Waals surface area contributed by atoms with E-state index in [1.807, 2.05) is 0 Å². The first-order valence-electron chi connectivity index (χ1n) is 15.7. The average molecular weight is 534 g/mol. The molecule has 0 amide bonds. The monoisotopic (exact) mass is 533 g/mol. The highest BCUT2D eigenvalue weighted by molar-refractivity contribution is 5.54. The standard InChI is InChI=1S/C31H43NO2.C5H12/c1-8-31(7)26-24-22(17-30(5,6)18-23(24)33)32-27(19-11-9-10-12-19)25(26)28(34-31)20-13-15-21(16-14-20)29(2,3)4;1-4-5(2)3/h13-16,19,23,28,33H,8-12,17-18H2,1-7H3;5H,4H2,1-3H3. The fourth-order valence-corrected chi connectivity index (χ4v) is 6.70. The summed E-state index contributed by atoms with van der Waals surface area (Å²) in [7, 11) is 0. The minimum Gasteiger partial charge on any atom is -0.388 e. The number of aliphatic hydroxyl groups is 1. The molecular formula is C36H55NO2. The topological polar surface area (TPSA) is 42.4 Å². The van der Waals surface area contributed by atoms with E-state index in [-0.39, 0.29) is 16.9 Å². The Balaban J connectivity index is 0.000000648. The molecule has 216 valence electrons. The Morgan fingerprint density at radius 2 is 1.59 bits per heavy atom. The van der Waals surface area contributed by atoms with Crippen LogP contribution in [0.5, 0.6) is 0 Å². The highest BCUT2D eigenvalue weighted by atomic mass is 16.5. The molecule has 3 aliphatic rings. The van der Waals surface area contributed by atoms with Crippen LogP contribution in [0.4, 0.5) is 0 Å². The molecule has 1 N–H and O–H groups in total. The summed E-state index contributed by atoms with van der Waals surface area (Å²) < 4.78 is 7.00. The summed E-state index contributed by atoms with van der Waals surface area (Å²) in [5, 5.41) is 11.4. The Labute approximate surface area is 239 Å². The van der Waals surface area contributed by atoms with Gasteiger partial charge in [0.15, 0.2) is 0 Å². The van der Waals surface area contributed by atoms with E-state index in [0.29, 0.717) is 5.92 Å². The zero-order valence-corrected chi connectivity index (χ0v) is 26.6.